The van der Waals surface area contributed by atoms with E-state index in [1.807, 2.05) is 0 Å². The van der Waals surface area contributed by atoms with Gasteiger partial charge in [-0.25, -0.2) is 4.39 Å². The molecule has 126 valence electrons. The van der Waals surface area contributed by atoms with Crippen LogP contribution in [0, 0.1) is 5.82 Å². The summed E-state index contributed by atoms with van der Waals surface area (Å²) in [6.07, 6.45) is 2.20. The molecule has 1 aliphatic heterocycles. The first-order chi connectivity index (χ1) is 11.7. The summed E-state index contributed by atoms with van der Waals surface area (Å²) in [6, 6.07) is 5.55. The average Bonchev–Trinajstić information content (AvgIpc) is 3.14. The van der Waals surface area contributed by atoms with Crippen molar-refractivity contribution >= 4 is 11.9 Å². The van der Waals surface area contributed by atoms with Crippen molar-refractivity contribution < 1.29 is 13.9 Å². The summed E-state index contributed by atoms with van der Waals surface area (Å²) in [5.74, 6) is 0.269. The average molecular weight is 331 g/mol. The van der Waals surface area contributed by atoms with Gasteiger partial charge in [0.15, 0.2) is 5.82 Å². The van der Waals surface area contributed by atoms with Gasteiger partial charge in [0.25, 0.3) is 5.91 Å². The van der Waals surface area contributed by atoms with E-state index in [2.05, 4.69) is 25.2 Å². The first kappa shape index (κ1) is 16.1. The predicted molar refractivity (Wildman–Crippen MR) is 85.4 cm³/mol. The molecule has 0 saturated carbocycles. The number of benzene rings is 1. The van der Waals surface area contributed by atoms with Gasteiger partial charge in [-0.1, -0.05) is 0 Å². The van der Waals surface area contributed by atoms with Gasteiger partial charge in [0, 0.05) is 18.7 Å². The van der Waals surface area contributed by atoms with Gasteiger partial charge in [0.1, 0.15) is 5.82 Å². The fraction of sp³-hybridized carbons (Fsp3) is 0.375. The molecule has 1 amide bonds. The molecule has 7 nitrogen and oxygen atoms in total. The van der Waals surface area contributed by atoms with Crippen molar-refractivity contribution in [1.82, 2.24) is 20.3 Å². The van der Waals surface area contributed by atoms with Gasteiger partial charge in [-0.3, -0.25) is 4.79 Å². The van der Waals surface area contributed by atoms with Gasteiger partial charge in [-0.2, -0.15) is 15.0 Å². The number of hydrogen-bond acceptors (Lipinski definition) is 6. The van der Waals surface area contributed by atoms with Crippen LogP contribution in [0.2, 0.25) is 0 Å². The summed E-state index contributed by atoms with van der Waals surface area (Å²) in [6.45, 7) is 1.93. The van der Waals surface area contributed by atoms with Gasteiger partial charge in [-0.05, 0) is 37.1 Å². The number of aromatic nitrogens is 3. The molecule has 0 unspecified atom stereocenters. The molecule has 24 heavy (non-hydrogen) atoms. The highest BCUT2D eigenvalue weighted by Gasteiger charge is 2.18. The van der Waals surface area contributed by atoms with Crippen molar-refractivity contribution in [2.45, 2.75) is 19.4 Å². The first-order valence-corrected chi connectivity index (χ1v) is 7.73. The van der Waals surface area contributed by atoms with E-state index in [4.69, 9.17) is 4.74 Å². The lowest BCUT2D eigenvalue weighted by molar-refractivity contribution is 0.0949. The number of nitrogens with zero attached hydrogens (tertiary/aromatic N) is 4. The van der Waals surface area contributed by atoms with E-state index in [0.717, 1.165) is 25.9 Å². The third kappa shape index (κ3) is 3.76. The number of carbonyl (C=O) groups excluding carboxylic acids is 1. The molecule has 1 aromatic carbocycles. The topological polar surface area (TPSA) is 80.2 Å². The predicted octanol–water partition coefficient (Wildman–Crippen LogP) is 1.55. The molecule has 8 heteroatoms. The maximum atomic E-state index is 12.9. The Morgan fingerprint density at radius 3 is 2.58 bits per heavy atom. The molecule has 2 heterocycles. The van der Waals surface area contributed by atoms with Crippen LogP contribution in [0.3, 0.4) is 0 Å². The van der Waals surface area contributed by atoms with E-state index >= 15 is 0 Å². The van der Waals surface area contributed by atoms with Crippen molar-refractivity contribution in [3.63, 3.8) is 0 Å². The summed E-state index contributed by atoms with van der Waals surface area (Å²) in [4.78, 5) is 26.9. The normalized spacial score (nSPS) is 13.8. The van der Waals surface area contributed by atoms with E-state index in [1.54, 1.807) is 0 Å². The maximum Gasteiger partial charge on any atom is 0.321 e. The van der Waals surface area contributed by atoms with Crippen molar-refractivity contribution in [3.8, 4) is 6.01 Å². The second-order valence-electron chi connectivity index (χ2n) is 5.42. The molecule has 1 fully saturated rings. The highest BCUT2D eigenvalue weighted by molar-refractivity contribution is 5.94. The number of anilines is 1. The first-order valence-electron chi connectivity index (χ1n) is 7.73. The largest absolute Gasteiger partial charge is 0.467 e. The lowest BCUT2D eigenvalue weighted by Crippen LogP contribution is -2.26. The Labute approximate surface area is 138 Å². The van der Waals surface area contributed by atoms with Crippen LogP contribution in [0.15, 0.2) is 24.3 Å². The Morgan fingerprint density at radius 1 is 1.21 bits per heavy atom. The summed E-state index contributed by atoms with van der Waals surface area (Å²) < 4.78 is 18.0. The summed E-state index contributed by atoms with van der Waals surface area (Å²) in [5, 5.41) is 2.72. The molecular weight excluding hydrogens is 313 g/mol. The number of ether oxygens (including phenoxy) is 1. The number of rotatable bonds is 5. The highest BCUT2D eigenvalue weighted by atomic mass is 19.1. The molecule has 1 N–H and O–H groups in total. The van der Waals surface area contributed by atoms with Gasteiger partial charge < -0.3 is 15.0 Å². The zero-order valence-electron chi connectivity index (χ0n) is 13.3. The van der Waals surface area contributed by atoms with Crippen molar-refractivity contribution in [3.05, 3.63) is 41.5 Å². The van der Waals surface area contributed by atoms with E-state index < -0.39 is 0 Å². The zero-order valence-corrected chi connectivity index (χ0v) is 13.3. The van der Waals surface area contributed by atoms with E-state index in [0.29, 0.717) is 17.3 Å². The molecule has 3 rings (SSSR count). The number of carbonyl (C=O) groups is 1. The van der Waals surface area contributed by atoms with Crippen LogP contribution in [-0.2, 0) is 6.54 Å². The smallest absolute Gasteiger partial charge is 0.321 e. The van der Waals surface area contributed by atoms with Crippen LogP contribution >= 0.6 is 0 Å². The molecule has 1 aliphatic rings. The monoisotopic (exact) mass is 331 g/mol. The van der Waals surface area contributed by atoms with Crippen molar-refractivity contribution in [1.29, 1.82) is 0 Å². The maximum absolute atomic E-state index is 12.9. The van der Waals surface area contributed by atoms with Crippen molar-refractivity contribution in [2.24, 2.45) is 0 Å². The second-order valence-corrected chi connectivity index (χ2v) is 5.42. The molecule has 1 saturated heterocycles. The molecule has 2 aromatic rings. The lowest BCUT2D eigenvalue weighted by atomic mass is 10.2. The van der Waals surface area contributed by atoms with Crippen LogP contribution in [0.1, 0.15) is 29.0 Å². The highest BCUT2D eigenvalue weighted by Crippen LogP contribution is 2.17. The van der Waals surface area contributed by atoms with Gasteiger partial charge >= 0.3 is 6.01 Å². The Hall–Kier alpha value is -2.77. The van der Waals surface area contributed by atoms with Crippen LogP contribution in [0.4, 0.5) is 10.3 Å². The Bertz CT molecular complexity index is 717. The number of amides is 1. The van der Waals surface area contributed by atoms with Crippen LogP contribution in [0.25, 0.3) is 0 Å². The van der Waals surface area contributed by atoms with Crippen molar-refractivity contribution in [2.75, 3.05) is 25.1 Å². The minimum atomic E-state index is -0.385. The number of hydrogen-bond donors (Lipinski definition) is 1. The Morgan fingerprint density at radius 2 is 1.92 bits per heavy atom. The molecule has 0 spiro atoms. The molecular formula is C16H18FN5O2. The third-order valence-electron chi connectivity index (χ3n) is 3.73. The number of nitrogens with one attached hydrogen (secondary N) is 1. The summed E-state index contributed by atoms with van der Waals surface area (Å²) in [7, 11) is 1.49. The fourth-order valence-electron chi connectivity index (χ4n) is 2.48. The van der Waals surface area contributed by atoms with E-state index in [1.165, 1.54) is 31.4 Å². The van der Waals surface area contributed by atoms with Crippen LogP contribution in [-0.4, -0.2) is 41.1 Å². The van der Waals surface area contributed by atoms with E-state index in [9.17, 15) is 9.18 Å². The molecule has 0 bridgehead atoms. The Balaban J connectivity index is 1.70. The van der Waals surface area contributed by atoms with Gasteiger partial charge in [-0.15, -0.1) is 0 Å². The fourth-order valence-corrected chi connectivity index (χ4v) is 2.48. The number of halogens is 1. The van der Waals surface area contributed by atoms with Crippen LogP contribution in [0.5, 0.6) is 6.01 Å². The zero-order chi connectivity index (χ0) is 16.9. The Kier molecular flexibility index (Phi) is 4.83. The van der Waals surface area contributed by atoms with Gasteiger partial charge in [0.05, 0.1) is 13.7 Å². The molecule has 0 radical (unpaired) electrons. The second kappa shape index (κ2) is 7.20. The SMILES string of the molecule is COc1nc(CNC(=O)c2ccc(F)cc2)nc(N2CCCC2)n1. The minimum absolute atomic E-state index is 0.135. The molecule has 1 aromatic heterocycles. The minimum Gasteiger partial charge on any atom is -0.467 e. The molecule has 0 atom stereocenters. The van der Waals surface area contributed by atoms with Gasteiger partial charge in [0.2, 0.25) is 5.95 Å². The number of methoxy groups -OCH3 is 1. The standard InChI is InChI=1S/C16H18FN5O2/c1-24-16-20-13(19-15(21-16)22-8-2-3-9-22)10-18-14(23)11-4-6-12(17)7-5-11/h4-7H,2-3,8-10H2,1H3,(H,18,23). The molecule has 0 aliphatic carbocycles. The lowest BCUT2D eigenvalue weighted by Gasteiger charge is -2.16. The summed E-state index contributed by atoms with van der Waals surface area (Å²) >= 11 is 0. The quantitative estimate of drug-likeness (QED) is 0.895. The summed E-state index contributed by atoms with van der Waals surface area (Å²) in [5.41, 5.74) is 0.372. The van der Waals surface area contributed by atoms with Crippen LogP contribution < -0.4 is 15.0 Å². The van der Waals surface area contributed by atoms with E-state index in [-0.39, 0.29) is 24.3 Å². The third-order valence-corrected chi connectivity index (χ3v) is 3.73.